The van der Waals surface area contributed by atoms with Crippen molar-refractivity contribution in [2.45, 2.75) is 13.1 Å². The van der Waals surface area contributed by atoms with Crippen LogP contribution in [0.5, 0.6) is 0 Å². The number of esters is 1. The van der Waals surface area contributed by atoms with Gasteiger partial charge in [0.2, 0.25) is 5.91 Å². The van der Waals surface area contributed by atoms with Gasteiger partial charge in [0.25, 0.3) is 0 Å². The summed E-state index contributed by atoms with van der Waals surface area (Å²) in [5.41, 5.74) is -0.691. The van der Waals surface area contributed by atoms with Gasteiger partial charge in [0, 0.05) is 6.92 Å². The van der Waals surface area contributed by atoms with Crippen LogP contribution in [-0.2, 0) is 20.5 Å². The van der Waals surface area contributed by atoms with E-state index in [4.69, 9.17) is 4.74 Å². The van der Waals surface area contributed by atoms with Gasteiger partial charge in [0.15, 0.2) is 0 Å². The van der Waals surface area contributed by atoms with Crippen molar-refractivity contribution in [3.63, 3.8) is 0 Å². The number of hydrogen-bond donors (Lipinski definition) is 1. The molecule has 20 heavy (non-hydrogen) atoms. The van der Waals surface area contributed by atoms with E-state index in [2.05, 4.69) is 5.32 Å². The molecule has 0 radical (unpaired) electrons. The Morgan fingerprint density at radius 3 is 2.65 bits per heavy atom. The average molecular weight is 285 g/mol. The highest BCUT2D eigenvalue weighted by Gasteiger charge is 2.33. The van der Waals surface area contributed by atoms with Crippen LogP contribution in [0.25, 0.3) is 5.57 Å². The Hall–Kier alpha value is -2.31. The number of rotatable bonds is 2. The Kier molecular flexibility index (Phi) is 3.52. The summed E-state index contributed by atoms with van der Waals surface area (Å²) in [6.45, 7) is 1.07. The molecule has 1 N–H and O–H groups in total. The summed E-state index contributed by atoms with van der Waals surface area (Å²) in [4.78, 5) is 22.6. The maximum absolute atomic E-state index is 12.7. The largest absolute Gasteiger partial charge is 0.456 e. The van der Waals surface area contributed by atoms with E-state index in [0.29, 0.717) is 0 Å². The molecule has 0 aliphatic carbocycles. The first kappa shape index (κ1) is 14.1. The van der Waals surface area contributed by atoms with Crippen LogP contribution in [0.15, 0.2) is 30.0 Å². The summed E-state index contributed by atoms with van der Waals surface area (Å²) >= 11 is 0. The number of cyclic esters (lactones) is 1. The molecule has 0 aromatic heterocycles. The fourth-order valence-corrected chi connectivity index (χ4v) is 1.86. The molecular formula is C13H10F3NO3. The van der Waals surface area contributed by atoms with Gasteiger partial charge in [-0.15, -0.1) is 0 Å². The Balaban J connectivity index is 2.48. The molecule has 0 atom stereocenters. The molecule has 7 heteroatoms. The fraction of sp³-hybridized carbons (Fsp3) is 0.231. The minimum Gasteiger partial charge on any atom is -0.456 e. The predicted octanol–water partition coefficient (Wildman–Crippen LogP) is 2.11. The Labute approximate surface area is 112 Å². The van der Waals surface area contributed by atoms with E-state index >= 15 is 0 Å². The van der Waals surface area contributed by atoms with Gasteiger partial charge >= 0.3 is 12.1 Å². The second kappa shape index (κ2) is 4.99. The lowest BCUT2D eigenvalue weighted by atomic mass is 10.0. The van der Waals surface area contributed by atoms with Crippen LogP contribution >= 0.6 is 0 Å². The van der Waals surface area contributed by atoms with E-state index < -0.39 is 23.6 Å². The highest BCUT2D eigenvalue weighted by Crippen LogP contribution is 2.32. The van der Waals surface area contributed by atoms with Gasteiger partial charge in [-0.1, -0.05) is 12.1 Å². The Bertz CT molecular complexity index is 605. The summed E-state index contributed by atoms with van der Waals surface area (Å²) in [5.74, 6) is -1.18. The number of carbonyl (C=O) groups excluding carboxylic acids is 2. The lowest BCUT2D eigenvalue weighted by molar-refractivity contribution is -0.138. The zero-order valence-electron chi connectivity index (χ0n) is 10.4. The average Bonchev–Trinajstić information content (AvgIpc) is 2.69. The zero-order valence-corrected chi connectivity index (χ0v) is 10.4. The number of nitrogens with one attached hydrogen (secondary N) is 1. The molecule has 0 unspecified atom stereocenters. The number of halogens is 3. The fourth-order valence-electron chi connectivity index (χ4n) is 1.86. The zero-order chi connectivity index (χ0) is 14.9. The number of alkyl halides is 3. The summed E-state index contributed by atoms with van der Waals surface area (Å²) < 4.78 is 42.7. The van der Waals surface area contributed by atoms with Gasteiger partial charge in [-0.25, -0.2) is 4.79 Å². The first-order chi connectivity index (χ1) is 9.29. The van der Waals surface area contributed by atoms with Crippen LogP contribution in [0.1, 0.15) is 18.1 Å². The van der Waals surface area contributed by atoms with Crippen LogP contribution in [0.2, 0.25) is 0 Å². The normalized spacial score (nSPS) is 15.3. The molecule has 1 aromatic carbocycles. The van der Waals surface area contributed by atoms with E-state index in [1.165, 1.54) is 19.1 Å². The minimum atomic E-state index is -4.51. The number of ether oxygens (including phenoxy) is 1. The molecule has 0 saturated heterocycles. The smallest absolute Gasteiger partial charge is 0.416 e. The molecule has 106 valence electrons. The summed E-state index contributed by atoms with van der Waals surface area (Å²) in [5, 5.41) is 2.39. The van der Waals surface area contributed by atoms with E-state index in [9.17, 15) is 22.8 Å². The molecule has 0 fully saturated rings. The molecule has 4 nitrogen and oxygen atoms in total. The van der Waals surface area contributed by atoms with Crippen LogP contribution in [0, 0.1) is 0 Å². The van der Waals surface area contributed by atoms with Gasteiger partial charge in [0.1, 0.15) is 6.61 Å². The third kappa shape index (κ3) is 2.81. The molecule has 1 amide bonds. The molecule has 0 spiro atoms. The molecule has 1 heterocycles. The Morgan fingerprint density at radius 2 is 2.05 bits per heavy atom. The van der Waals surface area contributed by atoms with Crippen molar-refractivity contribution in [2.75, 3.05) is 6.61 Å². The van der Waals surface area contributed by atoms with Crippen LogP contribution in [0.3, 0.4) is 0 Å². The molecule has 1 aromatic rings. The van der Waals surface area contributed by atoms with Crippen LogP contribution in [0.4, 0.5) is 13.2 Å². The third-order valence-corrected chi connectivity index (χ3v) is 2.66. The monoisotopic (exact) mass is 285 g/mol. The second-order valence-corrected chi connectivity index (χ2v) is 4.19. The lowest BCUT2D eigenvalue weighted by Crippen LogP contribution is -2.20. The van der Waals surface area contributed by atoms with Crippen molar-refractivity contribution in [2.24, 2.45) is 0 Å². The molecule has 1 aliphatic rings. The third-order valence-electron chi connectivity index (χ3n) is 2.66. The number of carbonyl (C=O) groups is 2. The van der Waals surface area contributed by atoms with Gasteiger partial charge in [0.05, 0.1) is 16.8 Å². The highest BCUT2D eigenvalue weighted by atomic mass is 19.4. The molecule has 0 saturated carbocycles. The second-order valence-electron chi connectivity index (χ2n) is 4.19. The molecular weight excluding hydrogens is 275 g/mol. The Morgan fingerprint density at radius 1 is 1.35 bits per heavy atom. The van der Waals surface area contributed by atoms with Crippen molar-refractivity contribution in [3.05, 3.63) is 41.1 Å². The van der Waals surface area contributed by atoms with Crippen molar-refractivity contribution in [1.82, 2.24) is 5.32 Å². The van der Waals surface area contributed by atoms with E-state index in [1.54, 1.807) is 0 Å². The number of amides is 1. The van der Waals surface area contributed by atoms with E-state index in [0.717, 1.165) is 12.1 Å². The minimum absolute atomic E-state index is 0.0497. The van der Waals surface area contributed by atoms with Gasteiger partial charge < -0.3 is 10.1 Å². The molecule has 1 aliphatic heterocycles. The first-order valence-corrected chi connectivity index (χ1v) is 5.64. The summed E-state index contributed by atoms with van der Waals surface area (Å²) in [6.07, 6.45) is -4.51. The maximum Gasteiger partial charge on any atom is 0.416 e. The van der Waals surface area contributed by atoms with Gasteiger partial charge in [-0.2, -0.15) is 13.2 Å². The molecule has 0 bridgehead atoms. The number of hydrogen-bond acceptors (Lipinski definition) is 3. The summed E-state index contributed by atoms with van der Waals surface area (Å²) in [6, 6.07) is 4.31. The van der Waals surface area contributed by atoms with Crippen molar-refractivity contribution in [3.8, 4) is 0 Å². The van der Waals surface area contributed by atoms with E-state index in [-0.39, 0.29) is 23.4 Å². The quantitative estimate of drug-likeness (QED) is 0.847. The highest BCUT2D eigenvalue weighted by molar-refractivity contribution is 6.19. The van der Waals surface area contributed by atoms with Crippen molar-refractivity contribution in [1.29, 1.82) is 0 Å². The maximum atomic E-state index is 12.7. The van der Waals surface area contributed by atoms with Crippen LogP contribution in [-0.4, -0.2) is 18.5 Å². The first-order valence-electron chi connectivity index (χ1n) is 5.64. The SMILES string of the molecule is CC(=O)NC1=C(c2cccc(C(F)(F)F)c2)C(=O)OC1. The van der Waals surface area contributed by atoms with E-state index in [1.807, 2.05) is 0 Å². The molecule has 2 rings (SSSR count). The van der Waals surface area contributed by atoms with Crippen LogP contribution < -0.4 is 5.32 Å². The topological polar surface area (TPSA) is 55.4 Å². The van der Waals surface area contributed by atoms with Gasteiger partial charge in [-0.3, -0.25) is 4.79 Å². The number of benzene rings is 1. The standard InChI is InChI=1S/C13H10F3NO3/c1-7(18)17-10-6-20-12(19)11(10)8-3-2-4-9(5-8)13(14,15)16/h2-5H,6H2,1H3,(H,17,18). The lowest BCUT2D eigenvalue weighted by Gasteiger charge is -2.09. The van der Waals surface area contributed by atoms with Gasteiger partial charge in [-0.05, 0) is 17.7 Å². The van der Waals surface area contributed by atoms with Crippen molar-refractivity contribution >= 4 is 17.4 Å². The van der Waals surface area contributed by atoms with Crippen molar-refractivity contribution < 1.29 is 27.5 Å². The summed E-state index contributed by atoms with van der Waals surface area (Å²) in [7, 11) is 0. The predicted molar refractivity (Wildman–Crippen MR) is 63.1 cm³/mol.